The first-order valence-electron chi connectivity index (χ1n) is 22.6. The molecule has 308 valence electrons. The molecule has 13 rings (SSSR count). The SMILES string of the molecule is c1cc(-c2ccc3ccc4ccccc4c3c2)cc(N(c2ccc(-c3ccc(-c4cccc5c4ccc4ccccc45)cc3)cc2)c2ccc(-c3cccc4oc5ccccc5c34)cc2)c1. The van der Waals surface area contributed by atoms with E-state index in [2.05, 4.69) is 241 Å². The summed E-state index contributed by atoms with van der Waals surface area (Å²) in [4.78, 5) is 2.37. The lowest BCUT2D eigenvalue weighted by atomic mass is 9.93. The summed E-state index contributed by atoms with van der Waals surface area (Å²) in [6.45, 7) is 0. The van der Waals surface area contributed by atoms with Gasteiger partial charge in [-0.1, -0.05) is 194 Å². The van der Waals surface area contributed by atoms with Crippen LogP contribution in [0.2, 0.25) is 0 Å². The molecule has 0 aliphatic heterocycles. The fourth-order valence-electron chi connectivity index (χ4n) is 10.2. The van der Waals surface area contributed by atoms with Crippen molar-refractivity contribution in [3.05, 3.63) is 249 Å². The standard InChI is InChI=1S/C64H41NO/c1-3-14-54-45(11-1)34-39-59-55(17-8-19-58(54)59)46-24-22-42(23-25-46)43-30-35-51(36-31-43)65(52-37-32-47(33-38-52)57-18-9-21-63-64(57)60-16-5-6-20-62(60)66-63)53-13-7-12-49(40-53)50-29-28-48-27-26-44-10-2-4-15-56(44)61(48)41-50/h1-41H. The highest BCUT2D eigenvalue weighted by molar-refractivity contribution is 6.14. The van der Waals surface area contributed by atoms with E-state index in [1.165, 1.54) is 76.5 Å². The number of benzene rings is 12. The normalized spacial score (nSPS) is 11.6. The maximum atomic E-state index is 6.27. The summed E-state index contributed by atoms with van der Waals surface area (Å²) < 4.78 is 6.27. The second-order valence-corrected chi connectivity index (χ2v) is 17.2. The molecule has 0 spiro atoms. The molecule has 0 aliphatic rings. The highest BCUT2D eigenvalue weighted by Gasteiger charge is 2.17. The van der Waals surface area contributed by atoms with Crippen molar-refractivity contribution in [2.24, 2.45) is 0 Å². The Labute approximate surface area is 382 Å². The van der Waals surface area contributed by atoms with Gasteiger partial charge in [0.15, 0.2) is 0 Å². The fraction of sp³-hybridized carbons (Fsp3) is 0. The molecule has 0 saturated carbocycles. The van der Waals surface area contributed by atoms with Crippen LogP contribution in [0.1, 0.15) is 0 Å². The molecule has 0 N–H and O–H groups in total. The number of hydrogen-bond acceptors (Lipinski definition) is 2. The molecular formula is C64H41NO. The molecule has 13 aromatic rings. The maximum absolute atomic E-state index is 6.27. The van der Waals surface area contributed by atoms with Crippen molar-refractivity contribution in [3.63, 3.8) is 0 Å². The third-order valence-electron chi connectivity index (χ3n) is 13.5. The lowest BCUT2D eigenvalue weighted by Crippen LogP contribution is -2.10. The zero-order valence-corrected chi connectivity index (χ0v) is 36.0. The number of rotatable bonds is 7. The molecule has 0 fully saturated rings. The topological polar surface area (TPSA) is 16.4 Å². The van der Waals surface area contributed by atoms with E-state index < -0.39 is 0 Å². The molecule has 0 bridgehead atoms. The fourth-order valence-corrected chi connectivity index (χ4v) is 10.2. The lowest BCUT2D eigenvalue weighted by molar-refractivity contribution is 0.669. The summed E-state index contributed by atoms with van der Waals surface area (Å²) in [5.74, 6) is 0. The molecule has 66 heavy (non-hydrogen) atoms. The highest BCUT2D eigenvalue weighted by Crippen LogP contribution is 2.42. The van der Waals surface area contributed by atoms with Crippen LogP contribution < -0.4 is 4.90 Å². The van der Waals surface area contributed by atoms with E-state index in [9.17, 15) is 0 Å². The van der Waals surface area contributed by atoms with Crippen molar-refractivity contribution >= 4 is 82.1 Å². The summed E-state index contributed by atoms with van der Waals surface area (Å²) in [5.41, 5.74) is 14.5. The van der Waals surface area contributed by atoms with Crippen LogP contribution in [0.15, 0.2) is 253 Å². The van der Waals surface area contributed by atoms with Gasteiger partial charge in [0.2, 0.25) is 0 Å². The summed E-state index contributed by atoms with van der Waals surface area (Å²) in [7, 11) is 0. The summed E-state index contributed by atoms with van der Waals surface area (Å²) in [6.07, 6.45) is 0. The molecule has 1 aromatic heterocycles. The van der Waals surface area contributed by atoms with Crippen LogP contribution in [-0.4, -0.2) is 0 Å². The molecule has 0 unspecified atom stereocenters. The average molecular weight is 840 g/mol. The van der Waals surface area contributed by atoms with E-state index in [1.807, 2.05) is 12.1 Å². The average Bonchev–Trinajstić information content (AvgIpc) is 3.78. The first-order chi connectivity index (χ1) is 32.7. The number of anilines is 3. The quantitative estimate of drug-likeness (QED) is 0.149. The zero-order chi connectivity index (χ0) is 43.6. The maximum Gasteiger partial charge on any atom is 0.136 e. The van der Waals surface area contributed by atoms with Gasteiger partial charge in [0.05, 0.1) is 0 Å². The Hall–Kier alpha value is -8.72. The third kappa shape index (κ3) is 6.42. The Morgan fingerprint density at radius 3 is 1.48 bits per heavy atom. The first-order valence-corrected chi connectivity index (χ1v) is 22.6. The van der Waals surface area contributed by atoms with Crippen molar-refractivity contribution in [2.75, 3.05) is 4.90 Å². The molecule has 0 radical (unpaired) electrons. The van der Waals surface area contributed by atoms with E-state index >= 15 is 0 Å². The van der Waals surface area contributed by atoms with Gasteiger partial charge in [0, 0.05) is 27.8 Å². The predicted octanol–water partition coefficient (Wildman–Crippen LogP) is 18.3. The largest absolute Gasteiger partial charge is 0.456 e. The number of nitrogens with zero attached hydrogens (tertiary/aromatic N) is 1. The van der Waals surface area contributed by atoms with Gasteiger partial charge in [0.1, 0.15) is 11.2 Å². The van der Waals surface area contributed by atoms with Crippen LogP contribution in [0.3, 0.4) is 0 Å². The Balaban J connectivity index is 0.881. The molecule has 0 saturated heterocycles. The van der Waals surface area contributed by atoms with Gasteiger partial charge in [-0.25, -0.2) is 0 Å². The van der Waals surface area contributed by atoms with Gasteiger partial charge in [-0.3, -0.25) is 0 Å². The van der Waals surface area contributed by atoms with Gasteiger partial charge in [-0.2, -0.15) is 0 Å². The molecule has 2 heteroatoms. The van der Waals surface area contributed by atoms with Gasteiger partial charge in [-0.15, -0.1) is 0 Å². The Morgan fingerprint density at radius 2 is 0.727 bits per heavy atom. The van der Waals surface area contributed by atoms with Crippen LogP contribution in [0.5, 0.6) is 0 Å². The molecular weight excluding hydrogens is 799 g/mol. The van der Waals surface area contributed by atoms with Gasteiger partial charge in [0.25, 0.3) is 0 Å². The molecule has 12 aromatic carbocycles. The summed E-state index contributed by atoms with van der Waals surface area (Å²) in [5, 5.41) is 12.4. The van der Waals surface area contributed by atoms with Gasteiger partial charge < -0.3 is 9.32 Å². The molecule has 2 nitrogen and oxygen atoms in total. The van der Waals surface area contributed by atoms with Crippen molar-refractivity contribution in [1.82, 2.24) is 0 Å². The molecule has 0 aliphatic carbocycles. The third-order valence-corrected chi connectivity index (χ3v) is 13.5. The molecule has 1 heterocycles. The van der Waals surface area contributed by atoms with Crippen molar-refractivity contribution in [1.29, 1.82) is 0 Å². The molecule has 0 atom stereocenters. The highest BCUT2D eigenvalue weighted by atomic mass is 16.3. The van der Waals surface area contributed by atoms with Crippen LogP contribution in [0, 0.1) is 0 Å². The van der Waals surface area contributed by atoms with E-state index in [4.69, 9.17) is 4.42 Å². The second-order valence-electron chi connectivity index (χ2n) is 17.2. The van der Waals surface area contributed by atoms with Crippen LogP contribution >= 0.6 is 0 Å². The van der Waals surface area contributed by atoms with Crippen LogP contribution in [-0.2, 0) is 0 Å². The van der Waals surface area contributed by atoms with Crippen molar-refractivity contribution in [3.8, 4) is 44.5 Å². The Morgan fingerprint density at radius 1 is 0.242 bits per heavy atom. The second kappa shape index (κ2) is 15.5. The number of furan rings is 1. The minimum absolute atomic E-state index is 0.898. The summed E-state index contributed by atoms with van der Waals surface area (Å²) >= 11 is 0. The number of fused-ring (bicyclic) bond motifs is 9. The van der Waals surface area contributed by atoms with Crippen molar-refractivity contribution < 1.29 is 4.42 Å². The van der Waals surface area contributed by atoms with E-state index in [-0.39, 0.29) is 0 Å². The van der Waals surface area contributed by atoms with Crippen LogP contribution in [0.4, 0.5) is 17.1 Å². The number of hydrogen-bond donors (Lipinski definition) is 0. The monoisotopic (exact) mass is 839 g/mol. The minimum atomic E-state index is 0.898. The first kappa shape index (κ1) is 37.8. The summed E-state index contributed by atoms with van der Waals surface area (Å²) in [6, 6.07) is 90.3. The van der Waals surface area contributed by atoms with Crippen molar-refractivity contribution in [2.45, 2.75) is 0 Å². The van der Waals surface area contributed by atoms with Crippen LogP contribution in [0.25, 0.3) is 110 Å². The lowest BCUT2D eigenvalue weighted by Gasteiger charge is -2.26. The number of para-hydroxylation sites is 1. The van der Waals surface area contributed by atoms with E-state index in [1.54, 1.807) is 0 Å². The van der Waals surface area contributed by atoms with Gasteiger partial charge >= 0.3 is 0 Å². The smallest absolute Gasteiger partial charge is 0.136 e. The Bertz CT molecular complexity index is 3970. The minimum Gasteiger partial charge on any atom is -0.456 e. The van der Waals surface area contributed by atoms with E-state index in [0.29, 0.717) is 0 Å². The Kier molecular flexibility index (Phi) is 8.89. The zero-order valence-electron chi connectivity index (χ0n) is 36.0. The van der Waals surface area contributed by atoms with Gasteiger partial charge in [-0.05, 0) is 142 Å². The van der Waals surface area contributed by atoms with E-state index in [0.717, 1.165) is 50.1 Å². The molecule has 0 amide bonds. The predicted molar refractivity (Wildman–Crippen MR) is 280 cm³/mol.